The van der Waals surface area contributed by atoms with Gasteiger partial charge in [-0.1, -0.05) is 38.5 Å². The number of nitrogens with one attached hydrogen (secondary N) is 1. The van der Waals surface area contributed by atoms with E-state index in [1.54, 1.807) is 0 Å². The molecule has 0 aliphatic heterocycles. The highest BCUT2D eigenvalue weighted by Crippen LogP contribution is 2.65. The van der Waals surface area contributed by atoms with E-state index in [9.17, 15) is 4.79 Å². The Hall–Kier alpha value is -1.31. The molecule has 1 aromatic rings. The van der Waals surface area contributed by atoms with Gasteiger partial charge in [-0.05, 0) is 55.1 Å². The van der Waals surface area contributed by atoms with E-state index in [0.29, 0.717) is 11.5 Å². The molecule has 0 heterocycles. The topological polar surface area (TPSA) is 29.1 Å². The maximum absolute atomic E-state index is 12.4. The number of aryl methyl sites for hydroxylation is 1. The average Bonchev–Trinajstić information content (AvgIpc) is 2.72. The molecule has 2 bridgehead atoms. The van der Waals surface area contributed by atoms with E-state index in [4.69, 9.17) is 0 Å². The summed E-state index contributed by atoms with van der Waals surface area (Å²) in [6, 6.07) is 8.17. The molecule has 2 aliphatic rings. The van der Waals surface area contributed by atoms with Gasteiger partial charge in [-0.2, -0.15) is 0 Å². The number of hydrogen-bond donors (Lipinski definition) is 1. The first-order valence-electron chi connectivity index (χ1n) is 7.72. The van der Waals surface area contributed by atoms with Crippen LogP contribution < -0.4 is 5.32 Å². The minimum Gasteiger partial charge on any atom is -0.349 e. The van der Waals surface area contributed by atoms with Gasteiger partial charge in [0.2, 0.25) is 0 Å². The Morgan fingerprint density at radius 3 is 2.35 bits per heavy atom. The van der Waals surface area contributed by atoms with Crippen LogP contribution in [0.5, 0.6) is 0 Å². The van der Waals surface area contributed by atoms with Gasteiger partial charge in [0.15, 0.2) is 0 Å². The third-order valence-electron chi connectivity index (χ3n) is 6.41. The first-order valence-corrected chi connectivity index (χ1v) is 7.72. The molecular formula is C18H25NO. The van der Waals surface area contributed by atoms with Crippen LogP contribution in [0.4, 0.5) is 0 Å². The number of amides is 1. The smallest absolute Gasteiger partial charge is 0.251 e. The number of carbonyl (C=O) groups excluding carboxylic acids is 1. The summed E-state index contributed by atoms with van der Waals surface area (Å²) in [4.78, 5) is 12.4. The normalized spacial score (nSPS) is 34.2. The summed E-state index contributed by atoms with van der Waals surface area (Å²) in [6.07, 6.45) is 3.70. The van der Waals surface area contributed by atoms with E-state index in [1.165, 1.54) is 18.4 Å². The molecule has 2 fully saturated rings. The highest BCUT2D eigenvalue weighted by Gasteiger charge is 2.61. The predicted molar refractivity (Wildman–Crippen MR) is 81.7 cm³/mol. The molecule has 1 amide bonds. The minimum atomic E-state index is 0.0829. The highest BCUT2D eigenvalue weighted by atomic mass is 16.1. The van der Waals surface area contributed by atoms with Crippen LogP contribution in [0.3, 0.4) is 0 Å². The molecule has 0 spiro atoms. The summed E-state index contributed by atoms with van der Waals surface area (Å²) >= 11 is 0. The van der Waals surface area contributed by atoms with Crippen molar-refractivity contribution in [2.45, 2.75) is 53.0 Å². The molecule has 0 unspecified atom stereocenters. The highest BCUT2D eigenvalue weighted by molar-refractivity contribution is 5.94. The second-order valence-corrected chi connectivity index (χ2v) is 7.50. The van der Waals surface area contributed by atoms with Crippen molar-refractivity contribution in [2.24, 2.45) is 16.7 Å². The van der Waals surface area contributed by atoms with Crippen molar-refractivity contribution in [3.05, 3.63) is 35.4 Å². The first-order chi connectivity index (χ1) is 9.34. The molecular weight excluding hydrogens is 246 g/mol. The zero-order valence-electron chi connectivity index (χ0n) is 13.0. The fraction of sp³-hybridized carbons (Fsp3) is 0.611. The number of fused-ring (bicyclic) bond motifs is 2. The Balaban J connectivity index is 1.76. The monoisotopic (exact) mass is 271 g/mol. The zero-order chi connectivity index (χ0) is 14.5. The van der Waals surface area contributed by atoms with E-state index >= 15 is 0 Å². The predicted octanol–water partition coefficient (Wildman–Crippen LogP) is 3.94. The molecule has 2 saturated carbocycles. The van der Waals surface area contributed by atoms with Crippen LogP contribution in [0.1, 0.15) is 56.0 Å². The van der Waals surface area contributed by atoms with Crippen LogP contribution in [-0.4, -0.2) is 11.9 Å². The molecule has 108 valence electrons. The second kappa shape index (κ2) is 4.34. The molecule has 1 N–H and O–H groups in total. The lowest BCUT2D eigenvalue weighted by molar-refractivity contribution is 0.0826. The minimum absolute atomic E-state index is 0.0829. The molecule has 20 heavy (non-hydrogen) atoms. The standard InChI is InChI=1S/C18H25NO/c1-12-5-7-13(8-6-12)16(20)19-15-11-14-9-10-18(15,4)17(14,2)3/h5-8,14-15H,9-11H2,1-4H3,(H,19,20)/t14-,15+,18+/m0/s1. The average molecular weight is 271 g/mol. The third-order valence-corrected chi connectivity index (χ3v) is 6.41. The summed E-state index contributed by atoms with van der Waals surface area (Å²) in [5.41, 5.74) is 2.56. The van der Waals surface area contributed by atoms with Gasteiger partial charge in [-0.25, -0.2) is 0 Å². The van der Waals surface area contributed by atoms with Crippen LogP contribution in [0.15, 0.2) is 24.3 Å². The molecule has 1 aromatic carbocycles. The summed E-state index contributed by atoms with van der Waals surface area (Å²) in [5.74, 6) is 0.843. The number of rotatable bonds is 2. The number of hydrogen-bond acceptors (Lipinski definition) is 1. The Morgan fingerprint density at radius 1 is 1.20 bits per heavy atom. The number of carbonyl (C=O) groups is 1. The van der Waals surface area contributed by atoms with Gasteiger partial charge in [-0.3, -0.25) is 4.79 Å². The van der Waals surface area contributed by atoms with Crippen LogP contribution in [0.2, 0.25) is 0 Å². The Bertz CT molecular complexity index is 531. The lowest BCUT2D eigenvalue weighted by atomic mass is 9.69. The van der Waals surface area contributed by atoms with Gasteiger partial charge in [0.05, 0.1) is 0 Å². The van der Waals surface area contributed by atoms with Crippen molar-refractivity contribution in [1.29, 1.82) is 0 Å². The number of benzene rings is 1. The van der Waals surface area contributed by atoms with E-state index in [1.807, 2.05) is 31.2 Å². The van der Waals surface area contributed by atoms with Gasteiger partial charge >= 0.3 is 0 Å². The molecule has 2 heteroatoms. The Morgan fingerprint density at radius 2 is 1.85 bits per heavy atom. The summed E-state index contributed by atoms with van der Waals surface area (Å²) in [7, 11) is 0. The molecule has 0 radical (unpaired) electrons. The molecule has 2 aliphatic carbocycles. The zero-order valence-corrected chi connectivity index (χ0v) is 13.0. The maximum atomic E-state index is 12.4. The molecule has 3 atom stereocenters. The molecule has 0 aromatic heterocycles. The maximum Gasteiger partial charge on any atom is 0.251 e. The molecule has 0 saturated heterocycles. The van der Waals surface area contributed by atoms with Crippen molar-refractivity contribution in [2.75, 3.05) is 0 Å². The quantitative estimate of drug-likeness (QED) is 0.867. The van der Waals surface area contributed by atoms with Gasteiger partial charge in [0.1, 0.15) is 0 Å². The van der Waals surface area contributed by atoms with Gasteiger partial charge in [0, 0.05) is 11.6 Å². The van der Waals surface area contributed by atoms with Crippen molar-refractivity contribution >= 4 is 5.91 Å². The lowest BCUT2D eigenvalue weighted by Gasteiger charge is -2.39. The second-order valence-electron chi connectivity index (χ2n) is 7.50. The van der Waals surface area contributed by atoms with Crippen LogP contribution in [0, 0.1) is 23.7 Å². The van der Waals surface area contributed by atoms with Crippen LogP contribution in [-0.2, 0) is 0 Å². The first kappa shape index (κ1) is 13.7. The van der Waals surface area contributed by atoms with Crippen LogP contribution >= 0.6 is 0 Å². The third kappa shape index (κ3) is 1.81. The van der Waals surface area contributed by atoms with Crippen molar-refractivity contribution < 1.29 is 4.79 Å². The van der Waals surface area contributed by atoms with Crippen molar-refractivity contribution in [3.8, 4) is 0 Å². The molecule has 3 rings (SSSR count). The van der Waals surface area contributed by atoms with E-state index in [-0.39, 0.29) is 11.3 Å². The Labute approximate surface area is 122 Å². The Kier molecular flexibility index (Phi) is 2.97. The lowest BCUT2D eigenvalue weighted by Crippen LogP contribution is -2.46. The molecule has 2 nitrogen and oxygen atoms in total. The summed E-state index contributed by atoms with van der Waals surface area (Å²) in [6.45, 7) is 9.16. The van der Waals surface area contributed by atoms with Crippen molar-refractivity contribution in [1.82, 2.24) is 5.32 Å². The van der Waals surface area contributed by atoms with Gasteiger partial charge < -0.3 is 5.32 Å². The van der Waals surface area contributed by atoms with Crippen molar-refractivity contribution in [3.63, 3.8) is 0 Å². The SMILES string of the molecule is Cc1ccc(C(=O)N[C@@H]2C[C@@H]3CC[C@@]2(C)C3(C)C)cc1. The summed E-state index contributed by atoms with van der Waals surface area (Å²) in [5, 5.41) is 3.30. The fourth-order valence-electron chi connectivity index (χ4n) is 4.37. The largest absolute Gasteiger partial charge is 0.349 e. The van der Waals surface area contributed by atoms with Crippen LogP contribution in [0.25, 0.3) is 0 Å². The summed E-state index contributed by atoms with van der Waals surface area (Å²) < 4.78 is 0. The van der Waals surface area contributed by atoms with E-state index in [2.05, 4.69) is 26.1 Å². The van der Waals surface area contributed by atoms with E-state index < -0.39 is 0 Å². The van der Waals surface area contributed by atoms with Gasteiger partial charge in [0.25, 0.3) is 5.91 Å². The fourth-order valence-corrected chi connectivity index (χ4v) is 4.37. The van der Waals surface area contributed by atoms with E-state index in [0.717, 1.165) is 17.9 Å². The van der Waals surface area contributed by atoms with Gasteiger partial charge in [-0.15, -0.1) is 0 Å².